The zero-order valence-corrected chi connectivity index (χ0v) is 10.2. The highest BCUT2D eigenvalue weighted by atomic mass is 14.5. The lowest BCUT2D eigenvalue weighted by molar-refractivity contribution is 0.624. The molecule has 0 radical (unpaired) electrons. The first-order chi connectivity index (χ1) is 7.17. The number of hydrogen-bond acceptors (Lipinski definition) is 1. The lowest BCUT2D eigenvalue weighted by Crippen LogP contribution is -1.97. The molecule has 0 saturated heterocycles. The van der Waals surface area contributed by atoms with Crippen LogP contribution in [-0.2, 0) is 6.42 Å². The summed E-state index contributed by atoms with van der Waals surface area (Å²) in [5.41, 5.74) is 9.57. The Morgan fingerprint density at radius 3 is 2.53 bits per heavy atom. The topological polar surface area (TPSA) is 26.0 Å². The molecule has 1 unspecified atom stereocenters. The van der Waals surface area contributed by atoms with Gasteiger partial charge in [0.25, 0.3) is 0 Å². The van der Waals surface area contributed by atoms with Crippen molar-refractivity contribution in [3.8, 4) is 0 Å². The highest BCUT2D eigenvalue weighted by molar-refractivity contribution is 5.45. The Labute approximate surface area is 93.7 Å². The third-order valence-electron chi connectivity index (χ3n) is 3.01. The van der Waals surface area contributed by atoms with E-state index in [9.17, 15) is 0 Å². The van der Waals surface area contributed by atoms with Crippen molar-refractivity contribution in [1.29, 1.82) is 0 Å². The molecule has 1 atom stereocenters. The van der Waals surface area contributed by atoms with Gasteiger partial charge in [-0.3, -0.25) is 0 Å². The van der Waals surface area contributed by atoms with Crippen molar-refractivity contribution in [2.24, 2.45) is 0 Å². The van der Waals surface area contributed by atoms with E-state index < -0.39 is 0 Å². The van der Waals surface area contributed by atoms with E-state index in [-0.39, 0.29) is 0 Å². The summed E-state index contributed by atoms with van der Waals surface area (Å²) in [5, 5.41) is 0. The summed E-state index contributed by atoms with van der Waals surface area (Å²) >= 11 is 0. The van der Waals surface area contributed by atoms with Crippen LogP contribution in [-0.4, -0.2) is 0 Å². The molecule has 0 aliphatic heterocycles. The maximum atomic E-state index is 5.90. The average Bonchev–Trinajstić information content (AvgIpc) is 2.24. The SMILES string of the molecule is CCCCC(C)c1cc(N)cc(CC)c1. The summed E-state index contributed by atoms with van der Waals surface area (Å²) in [6, 6.07) is 6.51. The van der Waals surface area contributed by atoms with Gasteiger partial charge in [0.15, 0.2) is 0 Å². The average molecular weight is 205 g/mol. The second kappa shape index (κ2) is 5.79. The van der Waals surface area contributed by atoms with E-state index in [1.165, 1.54) is 30.4 Å². The molecule has 1 aromatic carbocycles. The largest absolute Gasteiger partial charge is 0.399 e. The van der Waals surface area contributed by atoms with Crippen LogP contribution >= 0.6 is 0 Å². The van der Waals surface area contributed by atoms with Crippen LogP contribution in [0.2, 0.25) is 0 Å². The summed E-state index contributed by atoms with van der Waals surface area (Å²) in [6.07, 6.45) is 4.91. The van der Waals surface area contributed by atoms with E-state index in [1.54, 1.807) is 0 Å². The molecule has 0 aliphatic rings. The van der Waals surface area contributed by atoms with Crippen LogP contribution < -0.4 is 5.73 Å². The van der Waals surface area contributed by atoms with Crippen LogP contribution in [0.1, 0.15) is 57.1 Å². The van der Waals surface area contributed by atoms with Gasteiger partial charge >= 0.3 is 0 Å². The molecule has 1 rings (SSSR count). The predicted octanol–water partition coefficient (Wildman–Crippen LogP) is 4.12. The minimum Gasteiger partial charge on any atom is -0.399 e. The molecular weight excluding hydrogens is 182 g/mol. The summed E-state index contributed by atoms with van der Waals surface area (Å²) in [7, 11) is 0. The number of unbranched alkanes of at least 4 members (excludes halogenated alkanes) is 1. The highest BCUT2D eigenvalue weighted by Gasteiger charge is 2.06. The zero-order chi connectivity index (χ0) is 11.3. The molecule has 0 amide bonds. The van der Waals surface area contributed by atoms with Crippen molar-refractivity contribution in [2.45, 2.75) is 52.4 Å². The summed E-state index contributed by atoms with van der Waals surface area (Å²) < 4.78 is 0. The van der Waals surface area contributed by atoms with Crippen LogP contribution in [0.25, 0.3) is 0 Å². The fourth-order valence-electron chi connectivity index (χ4n) is 1.91. The Bertz CT molecular complexity index is 304. The van der Waals surface area contributed by atoms with E-state index in [2.05, 4.69) is 39.0 Å². The van der Waals surface area contributed by atoms with Crippen LogP contribution in [0.3, 0.4) is 0 Å². The van der Waals surface area contributed by atoms with Crippen molar-refractivity contribution < 1.29 is 0 Å². The third-order valence-corrected chi connectivity index (χ3v) is 3.01. The van der Waals surface area contributed by atoms with Crippen LogP contribution in [0.15, 0.2) is 18.2 Å². The van der Waals surface area contributed by atoms with E-state index in [4.69, 9.17) is 5.73 Å². The van der Waals surface area contributed by atoms with Crippen molar-refractivity contribution >= 4 is 5.69 Å². The fraction of sp³-hybridized carbons (Fsp3) is 0.571. The molecule has 2 N–H and O–H groups in total. The lowest BCUT2D eigenvalue weighted by Gasteiger charge is -2.13. The minimum absolute atomic E-state index is 0.638. The minimum atomic E-state index is 0.638. The van der Waals surface area contributed by atoms with Crippen molar-refractivity contribution in [2.75, 3.05) is 5.73 Å². The van der Waals surface area contributed by atoms with Gasteiger partial charge in [-0.15, -0.1) is 0 Å². The van der Waals surface area contributed by atoms with Crippen molar-refractivity contribution in [3.05, 3.63) is 29.3 Å². The smallest absolute Gasteiger partial charge is 0.0319 e. The van der Waals surface area contributed by atoms with E-state index >= 15 is 0 Å². The number of aryl methyl sites for hydroxylation is 1. The first-order valence-electron chi connectivity index (χ1n) is 6.06. The fourth-order valence-corrected chi connectivity index (χ4v) is 1.91. The molecular formula is C14H23N. The molecule has 84 valence electrons. The number of nitrogens with two attached hydrogens (primary N) is 1. The van der Waals surface area contributed by atoms with E-state index in [1.807, 2.05) is 0 Å². The Morgan fingerprint density at radius 2 is 1.93 bits per heavy atom. The molecule has 1 nitrogen and oxygen atoms in total. The zero-order valence-electron chi connectivity index (χ0n) is 10.2. The van der Waals surface area contributed by atoms with Gasteiger partial charge in [-0.05, 0) is 42.0 Å². The molecule has 0 fully saturated rings. The van der Waals surface area contributed by atoms with Crippen LogP contribution in [0.4, 0.5) is 5.69 Å². The summed E-state index contributed by atoms with van der Waals surface area (Å²) in [6.45, 7) is 6.71. The monoisotopic (exact) mass is 205 g/mol. The van der Waals surface area contributed by atoms with Crippen LogP contribution in [0.5, 0.6) is 0 Å². The summed E-state index contributed by atoms with van der Waals surface area (Å²) in [4.78, 5) is 0. The Morgan fingerprint density at radius 1 is 1.20 bits per heavy atom. The highest BCUT2D eigenvalue weighted by Crippen LogP contribution is 2.24. The molecule has 0 aromatic heterocycles. The van der Waals surface area contributed by atoms with Gasteiger partial charge in [0, 0.05) is 5.69 Å². The van der Waals surface area contributed by atoms with E-state index in [0.717, 1.165) is 12.1 Å². The first kappa shape index (κ1) is 12.1. The van der Waals surface area contributed by atoms with Crippen molar-refractivity contribution in [1.82, 2.24) is 0 Å². The molecule has 0 aliphatic carbocycles. The molecule has 0 spiro atoms. The second-order valence-electron chi connectivity index (χ2n) is 4.40. The first-order valence-corrected chi connectivity index (χ1v) is 6.06. The van der Waals surface area contributed by atoms with Gasteiger partial charge in [0.1, 0.15) is 0 Å². The predicted molar refractivity (Wildman–Crippen MR) is 68.2 cm³/mol. The maximum absolute atomic E-state index is 5.90. The van der Waals surface area contributed by atoms with Crippen LogP contribution in [0, 0.1) is 0 Å². The van der Waals surface area contributed by atoms with Gasteiger partial charge < -0.3 is 5.73 Å². The number of anilines is 1. The maximum Gasteiger partial charge on any atom is 0.0319 e. The normalized spacial score (nSPS) is 12.7. The van der Waals surface area contributed by atoms with E-state index in [0.29, 0.717) is 5.92 Å². The Balaban J connectivity index is 2.78. The number of nitrogen functional groups attached to an aromatic ring is 1. The molecule has 1 aromatic rings. The Hall–Kier alpha value is -0.980. The third kappa shape index (κ3) is 3.58. The van der Waals surface area contributed by atoms with Crippen molar-refractivity contribution in [3.63, 3.8) is 0 Å². The lowest BCUT2D eigenvalue weighted by atomic mass is 9.93. The molecule has 1 heteroatoms. The van der Waals surface area contributed by atoms with Gasteiger partial charge in [0.2, 0.25) is 0 Å². The quantitative estimate of drug-likeness (QED) is 0.719. The van der Waals surface area contributed by atoms with Gasteiger partial charge in [0.05, 0.1) is 0 Å². The molecule has 15 heavy (non-hydrogen) atoms. The van der Waals surface area contributed by atoms with Gasteiger partial charge in [-0.1, -0.05) is 39.7 Å². The van der Waals surface area contributed by atoms with Gasteiger partial charge in [-0.2, -0.15) is 0 Å². The molecule has 0 bridgehead atoms. The second-order valence-corrected chi connectivity index (χ2v) is 4.40. The van der Waals surface area contributed by atoms with Gasteiger partial charge in [-0.25, -0.2) is 0 Å². The Kier molecular flexibility index (Phi) is 4.67. The standard InChI is InChI=1S/C14H23N/c1-4-6-7-11(3)13-8-12(5-2)9-14(15)10-13/h8-11H,4-7,15H2,1-3H3. The number of benzene rings is 1. The number of rotatable bonds is 5. The number of hydrogen-bond donors (Lipinski definition) is 1. The molecule has 0 heterocycles. The summed E-state index contributed by atoms with van der Waals surface area (Å²) in [5.74, 6) is 0.638. The molecule has 0 saturated carbocycles.